The van der Waals surface area contributed by atoms with Crippen molar-refractivity contribution in [2.45, 2.75) is 45.1 Å². The number of benzene rings is 1. The SMILES string of the molecule is C=C(C)C(=O)OC1(CC#CC)CCc2ccccc2C1. The first-order valence-corrected chi connectivity index (χ1v) is 6.91. The van der Waals surface area contributed by atoms with E-state index in [1.165, 1.54) is 11.1 Å². The van der Waals surface area contributed by atoms with Crippen molar-refractivity contribution in [1.29, 1.82) is 0 Å². The molecule has 0 aliphatic heterocycles. The molecule has 0 amide bonds. The molecule has 0 radical (unpaired) electrons. The van der Waals surface area contributed by atoms with Crippen LogP contribution in [0.25, 0.3) is 0 Å². The van der Waals surface area contributed by atoms with Gasteiger partial charge in [-0.3, -0.25) is 0 Å². The van der Waals surface area contributed by atoms with Crippen LogP contribution < -0.4 is 0 Å². The smallest absolute Gasteiger partial charge is 0.333 e. The fraction of sp³-hybridized carbons (Fsp3) is 0.389. The molecule has 20 heavy (non-hydrogen) atoms. The van der Waals surface area contributed by atoms with E-state index in [1.807, 2.05) is 13.0 Å². The molecule has 0 saturated heterocycles. The molecule has 0 spiro atoms. The second-order valence-electron chi connectivity index (χ2n) is 5.40. The highest BCUT2D eigenvalue weighted by molar-refractivity contribution is 5.87. The second-order valence-corrected chi connectivity index (χ2v) is 5.40. The van der Waals surface area contributed by atoms with E-state index in [9.17, 15) is 4.79 Å². The van der Waals surface area contributed by atoms with Crippen molar-refractivity contribution < 1.29 is 9.53 Å². The maximum absolute atomic E-state index is 11.9. The number of hydrogen-bond acceptors (Lipinski definition) is 2. The Labute approximate surface area is 120 Å². The third-order valence-electron chi connectivity index (χ3n) is 3.73. The van der Waals surface area contributed by atoms with Gasteiger partial charge in [-0.05, 0) is 37.8 Å². The van der Waals surface area contributed by atoms with Crippen molar-refractivity contribution in [1.82, 2.24) is 0 Å². The largest absolute Gasteiger partial charge is 0.454 e. The molecule has 1 unspecified atom stereocenters. The maximum Gasteiger partial charge on any atom is 0.333 e. The van der Waals surface area contributed by atoms with Crippen molar-refractivity contribution in [3.8, 4) is 11.8 Å². The summed E-state index contributed by atoms with van der Waals surface area (Å²) in [7, 11) is 0. The Bertz CT molecular complexity index is 589. The Morgan fingerprint density at radius 3 is 2.75 bits per heavy atom. The molecule has 1 aromatic carbocycles. The Kier molecular flexibility index (Phi) is 4.29. The van der Waals surface area contributed by atoms with Crippen molar-refractivity contribution in [3.63, 3.8) is 0 Å². The molecule has 2 heteroatoms. The molecule has 0 bridgehead atoms. The van der Waals surface area contributed by atoms with Gasteiger partial charge in [0, 0.05) is 18.4 Å². The van der Waals surface area contributed by atoms with Gasteiger partial charge < -0.3 is 4.74 Å². The third kappa shape index (κ3) is 3.11. The first kappa shape index (κ1) is 14.4. The van der Waals surface area contributed by atoms with Gasteiger partial charge in [0.1, 0.15) is 5.60 Å². The van der Waals surface area contributed by atoms with Gasteiger partial charge in [0.25, 0.3) is 0 Å². The fourth-order valence-electron chi connectivity index (χ4n) is 2.58. The number of rotatable bonds is 3. The summed E-state index contributed by atoms with van der Waals surface area (Å²) in [6.07, 6.45) is 3.05. The van der Waals surface area contributed by atoms with E-state index in [1.54, 1.807) is 6.92 Å². The molecular weight excluding hydrogens is 248 g/mol. The second kappa shape index (κ2) is 5.96. The predicted octanol–water partition coefficient (Wildman–Crippen LogP) is 3.45. The summed E-state index contributed by atoms with van der Waals surface area (Å²) in [4.78, 5) is 11.9. The Morgan fingerprint density at radius 1 is 1.40 bits per heavy atom. The molecule has 0 aromatic heterocycles. The van der Waals surface area contributed by atoms with Crippen LogP contribution in [0.1, 0.15) is 37.8 Å². The van der Waals surface area contributed by atoms with Crippen molar-refractivity contribution in [2.24, 2.45) is 0 Å². The zero-order valence-corrected chi connectivity index (χ0v) is 12.2. The van der Waals surface area contributed by atoms with Crippen LogP contribution in [-0.4, -0.2) is 11.6 Å². The van der Waals surface area contributed by atoms with Crippen molar-refractivity contribution >= 4 is 5.97 Å². The first-order chi connectivity index (χ1) is 9.56. The molecule has 1 atom stereocenters. The highest BCUT2D eigenvalue weighted by atomic mass is 16.6. The minimum atomic E-state index is -0.507. The normalized spacial score (nSPS) is 20.3. The van der Waals surface area contributed by atoms with Crippen LogP contribution in [0.5, 0.6) is 0 Å². The molecular formula is C18H20O2. The van der Waals surface area contributed by atoms with E-state index >= 15 is 0 Å². The lowest BCUT2D eigenvalue weighted by Gasteiger charge is -2.36. The van der Waals surface area contributed by atoms with E-state index in [-0.39, 0.29) is 5.97 Å². The van der Waals surface area contributed by atoms with Crippen LogP contribution in [0.4, 0.5) is 0 Å². The Hall–Kier alpha value is -2.01. The zero-order chi connectivity index (χ0) is 14.6. The minimum Gasteiger partial charge on any atom is -0.454 e. The lowest BCUT2D eigenvalue weighted by atomic mass is 9.78. The van der Waals surface area contributed by atoms with Crippen LogP contribution in [0.3, 0.4) is 0 Å². The lowest BCUT2D eigenvalue weighted by molar-refractivity contribution is -0.155. The number of aryl methyl sites for hydroxylation is 1. The van der Waals surface area contributed by atoms with E-state index < -0.39 is 5.60 Å². The highest BCUT2D eigenvalue weighted by Gasteiger charge is 2.37. The fourth-order valence-corrected chi connectivity index (χ4v) is 2.58. The molecule has 0 N–H and O–H groups in total. The van der Waals surface area contributed by atoms with Crippen molar-refractivity contribution in [3.05, 3.63) is 47.5 Å². The molecule has 1 aliphatic carbocycles. The third-order valence-corrected chi connectivity index (χ3v) is 3.73. The lowest BCUT2D eigenvalue weighted by Crippen LogP contribution is -2.40. The topological polar surface area (TPSA) is 26.3 Å². The van der Waals surface area contributed by atoms with Crippen LogP contribution in [-0.2, 0) is 22.4 Å². The summed E-state index contributed by atoms with van der Waals surface area (Å²) >= 11 is 0. The highest BCUT2D eigenvalue weighted by Crippen LogP contribution is 2.34. The van der Waals surface area contributed by atoms with Gasteiger partial charge in [0.05, 0.1) is 0 Å². The monoisotopic (exact) mass is 268 g/mol. The van der Waals surface area contributed by atoms with Gasteiger partial charge in [0.15, 0.2) is 0 Å². The summed E-state index contributed by atoms with van der Waals surface area (Å²) < 4.78 is 5.76. The van der Waals surface area contributed by atoms with E-state index in [4.69, 9.17) is 4.74 Å². The standard InChI is InChI=1S/C18H20O2/c1-4-5-11-18(20-17(19)14(2)3)12-10-15-8-6-7-9-16(15)13-18/h6-9H,2,10-13H2,1,3H3. The molecule has 1 aliphatic rings. The first-order valence-electron chi connectivity index (χ1n) is 6.91. The molecule has 104 valence electrons. The van der Waals surface area contributed by atoms with E-state index in [0.29, 0.717) is 12.0 Å². The summed E-state index contributed by atoms with van der Waals surface area (Å²) in [5, 5.41) is 0. The maximum atomic E-state index is 11.9. The Morgan fingerprint density at radius 2 is 2.10 bits per heavy atom. The number of carbonyl (C=O) groups is 1. The van der Waals surface area contributed by atoms with Crippen LogP contribution in [0, 0.1) is 11.8 Å². The van der Waals surface area contributed by atoms with Gasteiger partial charge >= 0.3 is 5.97 Å². The molecule has 1 aromatic rings. The quantitative estimate of drug-likeness (QED) is 0.477. The summed E-state index contributed by atoms with van der Waals surface area (Å²) in [5.74, 6) is 5.66. The van der Waals surface area contributed by atoms with E-state index in [2.05, 4.69) is 36.6 Å². The van der Waals surface area contributed by atoms with Crippen LogP contribution in [0.15, 0.2) is 36.4 Å². The predicted molar refractivity (Wildman–Crippen MR) is 80.2 cm³/mol. The molecule has 0 fully saturated rings. The van der Waals surface area contributed by atoms with Crippen LogP contribution >= 0.6 is 0 Å². The number of esters is 1. The molecule has 2 nitrogen and oxygen atoms in total. The molecule has 2 rings (SSSR count). The minimum absolute atomic E-state index is 0.317. The van der Waals surface area contributed by atoms with Crippen LogP contribution in [0.2, 0.25) is 0 Å². The van der Waals surface area contributed by atoms with Gasteiger partial charge in [-0.1, -0.05) is 36.8 Å². The van der Waals surface area contributed by atoms with Crippen molar-refractivity contribution in [2.75, 3.05) is 0 Å². The van der Waals surface area contributed by atoms with Gasteiger partial charge in [-0.15, -0.1) is 5.92 Å². The average Bonchev–Trinajstić information content (AvgIpc) is 2.45. The van der Waals surface area contributed by atoms with Gasteiger partial charge in [-0.25, -0.2) is 4.79 Å². The van der Waals surface area contributed by atoms with Gasteiger partial charge in [0.2, 0.25) is 0 Å². The number of carbonyl (C=O) groups excluding carboxylic acids is 1. The number of fused-ring (bicyclic) bond motifs is 1. The average molecular weight is 268 g/mol. The molecule has 0 saturated carbocycles. The van der Waals surface area contributed by atoms with Gasteiger partial charge in [-0.2, -0.15) is 0 Å². The summed E-state index contributed by atoms with van der Waals surface area (Å²) in [6.45, 7) is 7.16. The zero-order valence-electron chi connectivity index (χ0n) is 12.2. The molecule has 0 heterocycles. The Balaban J connectivity index is 2.27. The summed E-state index contributed by atoms with van der Waals surface area (Å²) in [5.41, 5.74) is 2.53. The number of ether oxygens (including phenoxy) is 1. The summed E-state index contributed by atoms with van der Waals surface area (Å²) in [6, 6.07) is 8.33. The van der Waals surface area contributed by atoms with E-state index in [0.717, 1.165) is 19.3 Å². The number of hydrogen-bond donors (Lipinski definition) is 0.